The molecule has 1 nitrogen and oxygen atoms in total. The number of benzene rings is 3. The highest BCUT2D eigenvalue weighted by Gasteiger charge is 2.37. The summed E-state index contributed by atoms with van der Waals surface area (Å²) in [5.74, 6) is 0.343. The summed E-state index contributed by atoms with van der Waals surface area (Å²) in [7, 11) is 0. The van der Waals surface area contributed by atoms with E-state index in [0.29, 0.717) is 12.5 Å². The van der Waals surface area contributed by atoms with E-state index in [4.69, 9.17) is 4.74 Å². The van der Waals surface area contributed by atoms with Gasteiger partial charge in [0.05, 0.1) is 6.61 Å². The summed E-state index contributed by atoms with van der Waals surface area (Å²) < 4.78 is 6.75. The maximum atomic E-state index is 6.75. The maximum Gasteiger partial charge on any atom is 0.143 e. The molecule has 0 radical (unpaired) electrons. The summed E-state index contributed by atoms with van der Waals surface area (Å²) >= 11 is 0. The minimum Gasteiger partial charge on any atom is -0.360 e. The minimum atomic E-state index is -0.625. The molecule has 26 heavy (non-hydrogen) atoms. The van der Waals surface area contributed by atoms with Crippen LogP contribution in [0.25, 0.3) is 0 Å². The van der Waals surface area contributed by atoms with Crippen LogP contribution in [0.3, 0.4) is 0 Å². The third-order valence-electron chi connectivity index (χ3n) is 4.62. The molecule has 1 atom stereocenters. The summed E-state index contributed by atoms with van der Waals surface area (Å²) in [6.07, 6.45) is 4.27. The van der Waals surface area contributed by atoms with E-state index < -0.39 is 5.60 Å². The normalized spacial score (nSPS) is 13.0. The molecule has 3 aromatic rings. The van der Waals surface area contributed by atoms with Crippen molar-refractivity contribution in [3.63, 3.8) is 0 Å². The monoisotopic (exact) mass is 342 g/mol. The number of hydrogen-bond donors (Lipinski definition) is 0. The lowest BCUT2D eigenvalue weighted by atomic mass is 9.80. The van der Waals surface area contributed by atoms with E-state index in [1.54, 1.807) is 0 Å². The van der Waals surface area contributed by atoms with Crippen molar-refractivity contribution >= 4 is 0 Å². The molecule has 0 heterocycles. The van der Waals surface area contributed by atoms with E-state index in [2.05, 4.69) is 98.8 Å². The van der Waals surface area contributed by atoms with E-state index in [0.717, 1.165) is 16.7 Å². The fourth-order valence-corrected chi connectivity index (χ4v) is 3.41. The summed E-state index contributed by atoms with van der Waals surface area (Å²) in [5, 5.41) is 0. The van der Waals surface area contributed by atoms with Gasteiger partial charge in [-0.05, 0) is 29.5 Å². The van der Waals surface area contributed by atoms with Crippen molar-refractivity contribution in [3.05, 3.63) is 120 Å². The SMILES string of the molecule is C/C=C\[C@H](C)COC(c1ccccc1)(c1ccccc1)c1ccccc1. The molecule has 3 aromatic carbocycles. The van der Waals surface area contributed by atoms with Crippen molar-refractivity contribution in [3.8, 4) is 0 Å². The molecule has 0 spiro atoms. The summed E-state index contributed by atoms with van der Waals surface area (Å²) in [5.41, 5.74) is 2.81. The first kappa shape index (κ1) is 18.2. The fraction of sp³-hybridized carbons (Fsp3) is 0.200. The van der Waals surface area contributed by atoms with Crippen LogP contribution in [0.15, 0.2) is 103 Å². The van der Waals surface area contributed by atoms with Gasteiger partial charge < -0.3 is 4.74 Å². The Morgan fingerprint density at radius 2 is 1.12 bits per heavy atom. The highest BCUT2D eigenvalue weighted by atomic mass is 16.5. The van der Waals surface area contributed by atoms with Crippen molar-refractivity contribution < 1.29 is 4.74 Å². The van der Waals surface area contributed by atoms with Crippen LogP contribution in [0.2, 0.25) is 0 Å². The van der Waals surface area contributed by atoms with Crippen molar-refractivity contribution in [1.82, 2.24) is 0 Å². The van der Waals surface area contributed by atoms with Crippen LogP contribution in [-0.2, 0) is 10.3 Å². The molecule has 1 heteroatoms. The Kier molecular flexibility index (Phi) is 6.04. The zero-order valence-corrected chi connectivity index (χ0v) is 15.5. The van der Waals surface area contributed by atoms with E-state index in [9.17, 15) is 0 Å². The first-order chi connectivity index (χ1) is 12.8. The third-order valence-corrected chi connectivity index (χ3v) is 4.62. The molecule has 0 aliphatic rings. The van der Waals surface area contributed by atoms with Gasteiger partial charge in [0.1, 0.15) is 5.60 Å². The van der Waals surface area contributed by atoms with Gasteiger partial charge in [0.2, 0.25) is 0 Å². The van der Waals surface area contributed by atoms with Gasteiger partial charge in [0.25, 0.3) is 0 Å². The number of allylic oxidation sites excluding steroid dienone is 1. The third kappa shape index (κ3) is 3.79. The minimum absolute atomic E-state index is 0.343. The molecule has 0 aliphatic carbocycles. The lowest BCUT2D eigenvalue weighted by Crippen LogP contribution is -2.34. The van der Waals surface area contributed by atoms with Crippen molar-refractivity contribution in [1.29, 1.82) is 0 Å². The van der Waals surface area contributed by atoms with Crippen LogP contribution >= 0.6 is 0 Å². The Morgan fingerprint density at radius 3 is 1.46 bits per heavy atom. The van der Waals surface area contributed by atoms with Crippen LogP contribution in [0.4, 0.5) is 0 Å². The highest BCUT2D eigenvalue weighted by molar-refractivity contribution is 5.47. The van der Waals surface area contributed by atoms with Gasteiger partial charge >= 0.3 is 0 Å². The molecule has 0 aromatic heterocycles. The second-order valence-electron chi connectivity index (χ2n) is 6.59. The molecule has 0 N–H and O–H groups in total. The van der Waals surface area contributed by atoms with Gasteiger partial charge in [-0.15, -0.1) is 0 Å². The lowest BCUT2D eigenvalue weighted by Gasteiger charge is -2.36. The molecule has 0 aliphatic heterocycles. The Morgan fingerprint density at radius 1 is 0.731 bits per heavy atom. The van der Waals surface area contributed by atoms with Gasteiger partial charge in [-0.3, -0.25) is 0 Å². The molecule has 132 valence electrons. The molecular weight excluding hydrogens is 316 g/mol. The zero-order chi connectivity index (χ0) is 18.2. The molecule has 0 fully saturated rings. The van der Waals surface area contributed by atoms with E-state index in [1.165, 1.54) is 0 Å². The molecule has 0 amide bonds. The number of ether oxygens (including phenoxy) is 1. The summed E-state index contributed by atoms with van der Waals surface area (Å²) in [6.45, 7) is 4.88. The second kappa shape index (κ2) is 8.64. The zero-order valence-electron chi connectivity index (χ0n) is 15.5. The van der Waals surface area contributed by atoms with E-state index in [1.807, 2.05) is 18.2 Å². The average molecular weight is 342 g/mol. The first-order valence-corrected chi connectivity index (χ1v) is 9.20. The smallest absolute Gasteiger partial charge is 0.143 e. The van der Waals surface area contributed by atoms with Crippen LogP contribution in [-0.4, -0.2) is 6.61 Å². The molecule has 3 rings (SSSR count). The standard InChI is InChI=1S/C25H26O/c1-3-13-21(2)20-26-25(22-14-7-4-8-15-22,23-16-9-5-10-17-23)24-18-11-6-12-19-24/h3-19,21H,20H2,1-2H3/b13-3-/t21-/m0/s1. The van der Waals surface area contributed by atoms with Crippen molar-refractivity contribution in [2.45, 2.75) is 19.4 Å². The molecular formula is C25H26O. The van der Waals surface area contributed by atoms with Gasteiger partial charge in [-0.1, -0.05) is 110 Å². The van der Waals surface area contributed by atoms with E-state index >= 15 is 0 Å². The highest BCUT2D eigenvalue weighted by Crippen LogP contribution is 2.40. The van der Waals surface area contributed by atoms with Crippen LogP contribution in [0.5, 0.6) is 0 Å². The van der Waals surface area contributed by atoms with Gasteiger partial charge in [-0.25, -0.2) is 0 Å². The first-order valence-electron chi connectivity index (χ1n) is 9.20. The summed E-state index contributed by atoms with van der Waals surface area (Å²) in [4.78, 5) is 0. The van der Waals surface area contributed by atoms with Crippen LogP contribution in [0.1, 0.15) is 30.5 Å². The lowest BCUT2D eigenvalue weighted by molar-refractivity contribution is 0.00183. The van der Waals surface area contributed by atoms with E-state index in [-0.39, 0.29) is 0 Å². The van der Waals surface area contributed by atoms with Crippen molar-refractivity contribution in [2.75, 3.05) is 6.61 Å². The molecule has 0 bridgehead atoms. The maximum absolute atomic E-state index is 6.75. The van der Waals surface area contributed by atoms with Gasteiger partial charge in [-0.2, -0.15) is 0 Å². The molecule has 0 saturated heterocycles. The van der Waals surface area contributed by atoms with Gasteiger partial charge in [0.15, 0.2) is 0 Å². The predicted octanol–water partition coefficient (Wildman–Crippen LogP) is 6.21. The van der Waals surface area contributed by atoms with Crippen molar-refractivity contribution in [2.24, 2.45) is 5.92 Å². The fourth-order valence-electron chi connectivity index (χ4n) is 3.41. The Hall–Kier alpha value is -2.64. The van der Waals surface area contributed by atoms with Crippen LogP contribution < -0.4 is 0 Å². The second-order valence-corrected chi connectivity index (χ2v) is 6.59. The largest absolute Gasteiger partial charge is 0.360 e. The predicted molar refractivity (Wildman–Crippen MR) is 109 cm³/mol. The number of rotatable bonds is 7. The quantitative estimate of drug-likeness (QED) is 0.366. The Balaban J connectivity index is 2.18. The Labute approximate surface area is 157 Å². The van der Waals surface area contributed by atoms with Crippen LogP contribution in [0, 0.1) is 5.92 Å². The Bertz CT molecular complexity index is 710. The average Bonchev–Trinajstić information content (AvgIpc) is 2.71. The molecule has 0 saturated carbocycles. The van der Waals surface area contributed by atoms with Gasteiger partial charge in [0, 0.05) is 0 Å². The topological polar surface area (TPSA) is 9.23 Å². The molecule has 0 unspecified atom stereocenters. The number of hydrogen-bond acceptors (Lipinski definition) is 1. The summed E-state index contributed by atoms with van der Waals surface area (Å²) in [6, 6.07) is 31.5.